The summed E-state index contributed by atoms with van der Waals surface area (Å²) in [4.78, 5) is 0. The smallest absolute Gasteiger partial charge is 0.163 e. The lowest BCUT2D eigenvalue weighted by Crippen LogP contribution is -2.25. The molecule has 0 spiro atoms. The van der Waals surface area contributed by atoms with Gasteiger partial charge in [-0.3, -0.25) is 0 Å². The van der Waals surface area contributed by atoms with Crippen molar-refractivity contribution in [3.63, 3.8) is 0 Å². The summed E-state index contributed by atoms with van der Waals surface area (Å²) in [6.07, 6.45) is -0.893. The van der Waals surface area contributed by atoms with Crippen LogP contribution in [0.2, 0.25) is 0 Å². The largest absolute Gasteiger partial charge is 0.386 e. The van der Waals surface area contributed by atoms with Crippen LogP contribution in [0.5, 0.6) is 0 Å². The van der Waals surface area contributed by atoms with Crippen LogP contribution in [0.15, 0.2) is 30.3 Å². The van der Waals surface area contributed by atoms with Crippen LogP contribution < -0.4 is 0 Å². The molecule has 1 aromatic carbocycles. The zero-order valence-electron chi connectivity index (χ0n) is 9.01. The molecule has 0 unspecified atom stereocenters. The summed E-state index contributed by atoms with van der Waals surface area (Å²) in [7, 11) is 0. The monoisotopic (exact) mass is 208 g/mol. The zero-order chi connectivity index (χ0) is 10.9. The minimum Gasteiger partial charge on any atom is -0.386 e. The van der Waals surface area contributed by atoms with Crippen LogP contribution >= 0.6 is 0 Å². The molecule has 3 nitrogen and oxygen atoms in total. The molecule has 0 radical (unpaired) electrons. The number of aliphatic hydroxyl groups excluding tert-OH is 1. The summed E-state index contributed by atoms with van der Waals surface area (Å²) >= 11 is 0. The van der Waals surface area contributed by atoms with Crippen LogP contribution in [0.3, 0.4) is 0 Å². The minimum absolute atomic E-state index is 0.276. The van der Waals surface area contributed by atoms with Gasteiger partial charge in [0.25, 0.3) is 0 Å². The molecule has 0 bridgehead atoms. The first kappa shape index (κ1) is 10.6. The highest BCUT2D eigenvalue weighted by Crippen LogP contribution is 2.30. The Hall–Kier alpha value is -0.900. The van der Waals surface area contributed by atoms with Gasteiger partial charge in [-0.1, -0.05) is 30.3 Å². The van der Waals surface area contributed by atoms with Crippen LogP contribution in [0.25, 0.3) is 0 Å². The molecule has 0 amide bonds. The Morgan fingerprint density at radius 1 is 1.33 bits per heavy atom. The van der Waals surface area contributed by atoms with Crippen LogP contribution in [-0.4, -0.2) is 23.6 Å². The van der Waals surface area contributed by atoms with Gasteiger partial charge in [-0.05, 0) is 19.4 Å². The van der Waals surface area contributed by atoms with Gasteiger partial charge in [0.15, 0.2) is 5.79 Å². The molecular formula is C12H16O3. The average molecular weight is 208 g/mol. The molecule has 1 N–H and O–H groups in total. The summed E-state index contributed by atoms with van der Waals surface area (Å²) in [5.41, 5.74) is 0.865. The van der Waals surface area contributed by atoms with Crippen LogP contribution in [0.1, 0.15) is 25.5 Å². The molecule has 3 heteroatoms. The molecule has 1 fully saturated rings. The summed E-state index contributed by atoms with van der Waals surface area (Å²) in [5, 5.41) is 10.0. The highest BCUT2D eigenvalue weighted by atomic mass is 16.7. The van der Waals surface area contributed by atoms with Crippen molar-refractivity contribution in [2.24, 2.45) is 0 Å². The molecule has 0 aromatic heterocycles. The van der Waals surface area contributed by atoms with Crippen molar-refractivity contribution in [2.45, 2.75) is 31.8 Å². The van der Waals surface area contributed by atoms with Crippen molar-refractivity contribution in [2.75, 3.05) is 6.61 Å². The fraction of sp³-hybridized carbons (Fsp3) is 0.500. The van der Waals surface area contributed by atoms with E-state index in [1.165, 1.54) is 0 Å². The number of rotatable bonds is 2. The molecule has 82 valence electrons. The van der Waals surface area contributed by atoms with Gasteiger partial charge in [-0.25, -0.2) is 0 Å². The Labute approximate surface area is 89.6 Å². The molecule has 1 saturated heterocycles. The van der Waals surface area contributed by atoms with Gasteiger partial charge in [-0.15, -0.1) is 0 Å². The van der Waals surface area contributed by atoms with Gasteiger partial charge in [-0.2, -0.15) is 0 Å². The highest BCUT2D eigenvalue weighted by molar-refractivity contribution is 5.18. The molecule has 1 aliphatic heterocycles. The van der Waals surface area contributed by atoms with Gasteiger partial charge >= 0.3 is 0 Å². The second-order valence-electron chi connectivity index (χ2n) is 4.22. The first-order chi connectivity index (χ1) is 7.08. The molecule has 1 heterocycles. The van der Waals surface area contributed by atoms with Crippen molar-refractivity contribution in [1.82, 2.24) is 0 Å². The van der Waals surface area contributed by atoms with E-state index in [9.17, 15) is 5.11 Å². The highest BCUT2D eigenvalue weighted by Gasteiger charge is 2.37. The molecule has 0 aliphatic carbocycles. The first-order valence-corrected chi connectivity index (χ1v) is 5.13. The molecule has 15 heavy (non-hydrogen) atoms. The SMILES string of the molecule is CC1(C)OC[C@H]([C@@H](O)c2ccccc2)O1. The average Bonchev–Trinajstić information content (AvgIpc) is 2.59. The van der Waals surface area contributed by atoms with Crippen molar-refractivity contribution in [1.29, 1.82) is 0 Å². The molecule has 1 aromatic rings. The molecule has 1 aliphatic rings. The fourth-order valence-corrected chi connectivity index (χ4v) is 1.74. The fourth-order valence-electron chi connectivity index (χ4n) is 1.74. The normalized spacial score (nSPS) is 26.5. The Bertz CT molecular complexity index is 321. The van der Waals surface area contributed by atoms with E-state index in [4.69, 9.17) is 9.47 Å². The van der Waals surface area contributed by atoms with Gasteiger partial charge in [0, 0.05) is 0 Å². The van der Waals surface area contributed by atoms with E-state index in [2.05, 4.69) is 0 Å². The maximum atomic E-state index is 10.0. The quantitative estimate of drug-likeness (QED) is 0.806. The molecule has 0 saturated carbocycles. The van der Waals surface area contributed by atoms with Crippen LogP contribution in [0, 0.1) is 0 Å². The van der Waals surface area contributed by atoms with E-state index in [1.807, 2.05) is 44.2 Å². The number of benzene rings is 1. The second-order valence-corrected chi connectivity index (χ2v) is 4.22. The summed E-state index contributed by atoms with van der Waals surface area (Å²) in [5.74, 6) is -0.583. The third-order valence-corrected chi connectivity index (χ3v) is 2.52. The summed E-state index contributed by atoms with van der Waals surface area (Å²) in [6.45, 7) is 4.14. The van der Waals surface area contributed by atoms with Gasteiger partial charge in [0.05, 0.1) is 6.61 Å². The van der Waals surface area contributed by atoms with Crippen molar-refractivity contribution in [3.05, 3.63) is 35.9 Å². The van der Waals surface area contributed by atoms with E-state index in [0.717, 1.165) is 5.56 Å². The minimum atomic E-state index is -0.618. The lowest BCUT2D eigenvalue weighted by molar-refractivity contribution is -0.151. The maximum absolute atomic E-state index is 10.0. The first-order valence-electron chi connectivity index (χ1n) is 5.13. The predicted molar refractivity (Wildman–Crippen MR) is 56.3 cm³/mol. The standard InChI is InChI=1S/C12H16O3/c1-12(2)14-8-10(15-12)11(13)9-6-4-3-5-7-9/h3-7,10-11,13H,8H2,1-2H3/t10-,11+/m1/s1. The van der Waals surface area contributed by atoms with E-state index >= 15 is 0 Å². The van der Waals surface area contributed by atoms with E-state index in [-0.39, 0.29) is 6.10 Å². The van der Waals surface area contributed by atoms with E-state index in [1.54, 1.807) is 0 Å². The summed E-state index contributed by atoms with van der Waals surface area (Å²) in [6, 6.07) is 9.50. The Kier molecular flexibility index (Phi) is 2.78. The van der Waals surface area contributed by atoms with Crippen molar-refractivity contribution >= 4 is 0 Å². The predicted octanol–water partition coefficient (Wildman–Crippen LogP) is 1.87. The third-order valence-electron chi connectivity index (χ3n) is 2.52. The maximum Gasteiger partial charge on any atom is 0.163 e. The Morgan fingerprint density at radius 2 is 2.00 bits per heavy atom. The lowest BCUT2D eigenvalue weighted by Gasteiger charge is -2.20. The Morgan fingerprint density at radius 3 is 2.53 bits per heavy atom. The summed E-state index contributed by atoms with van der Waals surface area (Å²) < 4.78 is 11.0. The third kappa shape index (κ3) is 2.37. The van der Waals surface area contributed by atoms with Crippen molar-refractivity contribution in [3.8, 4) is 0 Å². The van der Waals surface area contributed by atoms with Gasteiger partial charge in [0.1, 0.15) is 12.2 Å². The van der Waals surface area contributed by atoms with Crippen LogP contribution in [0.4, 0.5) is 0 Å². The van der Waals surface area contributed by atoms with Gasteiger partial charge in [0.2, 0.25) is 0 Å². The van der Waals surface area contributed by atoms with E-state index in [0.29, 0.717) is 6.61 Å². The lowest BCUT2D eigenvalue weighted by atomic mass is 10.1. The van der Waals surface area contributed by atoms with Crippen LogP contribution in [-0.2, 0) is 9.47 Å². The molecule has 2 atom stereocenters. The molecule has 2 rings (SSSR count). The topological polar surface area (TPSA) is 38.7 Å². The molecular weight excluding hydrogens is 192 g/mol. The zero-order valence-corrected chi connectivity index (χ0v) is 9.01. The second kappa shape index (κ2) is 3.93. The van der Waals surface area contributed by atoms with E-state index < -0.39 is 11.9 Å². The Balaban J connectivity index is 2.07. The number of ether oxygens (including phenoxy) is 2. The number of aliphatic hydroxyl groups is 1. The number of hydrogen-bond acceptors (Lipinski definition) is 3. The van der Waals surface area contributed by atoms with Crippen molar-refractivity contribution < 1.29 is 14.6 Å². The van der Waals surface area contributed by atoms with Gasteiger partial charge < -0.3 is 14.6 Å². The number of hydrogen-bond donors (Lipinski definition) is 1.